The van der Waals surface area contributed by atoms with E-state index in [9.17, 15) is 9.50 Å². The number of aromatic nitrogens is 3. The molecule has 254 valence electrons. The summed E-state index contributed by atoms with van der Waals surface area (Å²) < 4.78 is 44.9. The minimum atomic E-state index is -0.750. The normalized spacial score (nSPS) is 25.3. The molecule has 0 amide bonds. The number of terminal acetylenes is 1. The van der Waals surface area contributed by atoms with Crippen LogP contribution in [0.2, 0.25) is 0 Å². The van der Waals surface area contributed by atoms with E-state index in [1.165, 1.54) is 24.3 Å². The molecule has 6 heterocycles. The number of likely N-dealkylation sites (tertiary alicyclic amines) is 1. The fraction of sp³-hybridized carbons (Fsp3) is 0.486. The zero-order valence-corrected chi connectivity index (χ0v) is 27.7. The van der Waals surface area contributed by atoms with Crippen molar-refractivity contribution in [1.29, 1.82) is 0 Å². The summed E-state index contributed by atoms with van der Waals surface area (Å²) in [5.74, 6) is 1.62. The number of piperazine rings is 1. The molecule has 1 saturated carbocycles. The van der Waals surface area contributed by atoms with Crippen LogP contribution in [-0.2, 0) is 0 Å². The van der Waals surface area contributed by atoms with Crippen LogP contribution in [0.5, 0.6) is 17.6 Å². The summed E-state index contributed by atoms with van der Waals surface area (Å²) in [5.41, 5.74) is -0.0393. The summed E-state index contributed by atoms with van der Waals surface area (Å²) in [4.78, 5) is 21.4. The Morgan fingerprint density at radius 3 is 2.76 bits per heavy atom. The standard InChI is InChI=1S/C37H39F2N7O3/c1-4-24-26(38)7-5-20-13-23(47)14-25(29(20)24)32-31(39)33-30-34(46-15-21-6-8-27(40-21)28(46)17-48-35(30)41-32)43-36(42-33)49-19-37(10-11-37)18-45-12-9-22(16-45)44(2)3/h1,5,7,13-14,21-22,27-28,40,47H,6,8-12,15-19H2,2-3H3/t21-,22-,27+,28-/m1/s1. The molecule has 2 aromatic carbocycles. The average Bonchev–Trinajstić information content (AvgIpc) is 3.55. The van der Waals surface area contributed by atoms with E-state index in [4.69, 9.17) is 25.9 Å². The predicted octanol–water partition coefficient (Wildman–Crippen LogP) is 4.31. The number of rotatable bonds is 7. The monoisotopic (exact) mass is 667 g/mol. The van der Waals surface area contributed by atoms with Gasteiger partial charge in [-0.3, -0.25) is 0 Å². The molecule has 5 aliphatic rings. The van der Waals surface area contributed by atoms with Gasteiger partial charge in [-0.1, -0.05) is 12.0 Å². The van der Waals surface area contributed by atoms with E-state index in [2.05, 4.69) is 45.0 Å². The summed E-state index contributed by atoms with van der Waals surface area (Å²) in [7, 11) is 4.27. The Balaban J connectivity index is 1.16. The molecule has 1 aliphatic carbocycles. The largest absolute Gasteiger partial charge is 0.508 e. The Morgan fingerprint density at radius 2 is 1.98 bits per heavy atom. The lowest BCUT2D eigenvalue weighted by atomic mass is 9.95. The smallest absolute Gasteiger partial charge is 0.319 e. The number of phenolic OH excluding ortho intramolecular Hbond substituents is 1. The van der Waals surface area contributed by atoms with E-state index in [1.807, 2.05) is 0 Å². The first kappa shape index (κ1) is 30.7. The van der Waals surface area contributed by atoms with Gasteiger partial charge >= 0.3 is 6.01 Å². The van der Waals surface area contributed by atoms with Crippen LogP contribution in [0.25, 0.3) is 32.9 Å². The van der Waals surface area contributed by atoms with Gasteiger partial charge in [0, 0.05) is 54.1 Å². The van der Waals surface area contributed by atoms with Crippen molar-refractivity contribution in [3.05, 3.63) is 41.5 Å². The van der Waals surface area contributed by atoms with Gasteiger partial charge in [-0.2, -0.15) is 9.97 Å². The van der Waals surface area contributed by atoms with Crippen molar-refractivity contribution in [1.82, 2.24) is 30.1 Å². The molecule has 2 bridgehead atoms. The summed E-state index contributed by atoms with van der Waals surface area (Å²) in [5, 5.41) is 15.5. The maximum Gasteiger partial charge on any atom is 0.319 e. The zero-order valence-electron chi connectivity index (χ0n) is 27.7. The Morgan fingerprint density at radius 1 is 1.12 bits per heavy atom. The van der Waals surface area contributed by atoms with Gasteiger partial charge in [-0.15, -0.1) is 6.42 Å². The van der Waals surface area contributed by atoms with Crippen LogP contribution >= 0.6 is 0 Å². The number of aromatic hydroxyl groups is 1. The molecule has 4 atom stereocenters. The molecular weight excluding hydrogens is 628 g/mol. The van der Waals surface area contributed by atoms with Crippen molar-refractivity contribution in [3.63, 3.8) is 0 Å². The molecule has 49 heavy (non-hydrogen) atoms. The number of hydrogen-bond acceptors (Lipinski definition) is 10. The van der Waals surface area contributed by atoms with E-state index >= 15 is 4.39 Å². The second-order valence-electron chi connectivity index (χ2n) is 14.8. The van der Waals surface area contributed by atoms with E-state index in [1.54, 1.807) is 0 Å². The Kier molecular flexibility index (Phi) is 7.13. The Hall–Kier alpha value is -4.31. The molecule has 0 spiro atoms. The number of nitrogens with zero attached hydrogens (tertiary/aromatic N) is 6. The van der Waals surface area contributed by atoms with Crippen LogP contribution in [0.3, 0.4) is 0 Å². The highest BCUT2D eigenvalue weighted by Crippen LogP contribution is 2.48. The molecule has 0 unspecified atom stereocenters. The minimum absolute atomic E-state index is 0.0000946. The molecule has 3 saturated heterocycles. The zero-order chi connectivity index (χ0) is 33.6. The van der Waals surface area contributed by atoms with Gasteiger partial charge in [0.1, 0.15) is 40.6 Å². The molecule has 0 radical (unpaired) electrons. The Bertz CT molecular complexity index is 2050. The van der Waals surface area contributed by atoms with Crippen molar-refractivity contribution in [2.24, 2.45) is 5.41 Å². The quantitative estimate of drug-likeness (QED) is 0.278. The minimum Gasteiger partial charge on any atom is -0.508 e. The van der Waals surface area contributed by atoms with Crippen LogP contribution in [0.1, 0.15) is 37.7 Å². The van der Waals surface area contributed by atoms with Gasteiger partial charge in [-0.25, -0.2) is 13.8 Å². The van der Waals surface area contributed by atoms with Gasteiger partial charge in [0.2, 0.25) is 5.88 Å². The maximum absolute atomic E-state index is 17.1. The fourth-order valence-corrected chi connectivity index (χ4v) is 8.51. The maximum atomic E-state index is 17.1. The van der Waals surface area contributed by atoms with Crippen molar-refractivity contribution >= 4 is 27.5 Å². The molecule has 4 fully saturated rings. The number of phenols is 1. The molecule has 4 aliphatic heterocycles. The fourth-order valence-electron chi connectivity index (χ4n) is 8.51. The Labute approximate surface area is 283 Å². The second kappa shape index (κ2) is 11.4. The van der Waals surface area contributed by atoms with Gasteiger partial charge < -0.3 is 34.6 Å². The van der Waals surface area contributed by atoms with Crippen LogP contribution in [-0.4, -0.2) is 108 Å². The summed E-state index contributed by atoms with van der Waals surface area (Å²) in [6, 6.07) is 6.63. The molecule has 10 nitrogen and oxygen atoms in total. The lowest BCUT2D eigenvalue weighted by Gasteiger charge is -2.40. The second-order valence-corrected chi connectivity index (χ2v) is 14.8. The topological polar surface area (TPSA) is 99.1 Å². The van der Waals surface area contributed by atoms with Crippen molar-refractivity contribution < 1.29 is 23.4 Å². The number of ether oxygens (including phenoxy) is 2. The first-order chi connectivity index (χ1) is 23.7. The van der Waals surface area contributed by atoms with Gasteiger partial charge in [0.05, 0.1) is 18.2 Å². The number of nitrogens with one attached hydrogen (secondary N) is 1. The van der Waals surface area contributed by atoms with Crippen LogP contribution in [0.4, 0.5) is 14.6 Å². The van der Waals surface area contributed by atoms with E-state index in [0.717, 1.165) is 51.7 Å². The summed E-state index contributed by atoms with van der Waals surface area (Å²) in [6.07, 6.45) is 11.1. The van der Waals surface area contributed by atoms with Crippen molar-refractivity contribution in [2.45, 2.75) is 56.3 Å². The molecule has 4 aromatic rings. The molecule has 9 rings (SSSR count). The number of hydrogen-bond donors (Lipinski definition) is 2. The van der Waals surface area contributed by atoms with Crippen molar-refractivity contribution in [3.8, 4) is 41.2 Å². The van der Waals surface area contributed by atoms with Gasteiger partial charge in [-0.05, 0) is 76.3 Å². The van der Waals surface area contributed by atoms with E-state index < -0.39 is 11.6 Å². The number of benzene rings is 2. The predicted molar refractivity (Wildman–Crippen MR) is 182 cm³/mol. The SMILES string of the molecule is C#Cc1c(F)ccc2cc(O)cc(-c3nc4c5c(nc(OCC6(CN7CC[C@@H](N(C)C)C7)CC6)nc5c3F)N3C[C@H]5CC[C@H](N5)[C@H]3CO4)c12. The van der Waals surface area contributed by atoms with Crippen LogP contribution in [0, 0.1) is 29.4 Å². The van der Waals surface area contributed by atoms with Crippen LogP contribution < -0.4 is 19.7 Å². The molecule has 2 aromatic heterocycles. The first-order valence-electron chi connectivity index (χ1n) is 17.2. The van der Waals surface area contributed by atoms with Crippen LogP contribution in [0.15, 0.2) is 24.3 Å². The highest BCUT2D eigenvalue weighted by Gasteiger charge is 2.47. The van der Waals surface area contributed by atoms with Crippen molar-refractivity contribution in [2.75, 3.05) is 58.4 Å². The number of fused-ring (bicyclic) bond motifs is 6. The first-order valence-corrected chi connectivity index (χ1v) is 17.2. The lowest BCUT2D eigenvalue weighted by molar-refractivity contribution is 0.164. The molecular formula is C37H39F2N7O3. The number of likely N-dealkylation sites (N-methyl/N-ethyl adjacent to an activating group) is 1. The third kappa shape index (κ3) is 5.13. The third-order valence-electron chi connectivity index (χ3n) is 11.4. The highest BCUT2D eigenvalue weighted by molar-refractivity contribution is 6.04. The van der Waals surface area contributed by atoms with Gasteiger partial charge in [0.15, 0.2) is 5.82 Å². The third-order valence-corrected chi connectivity index (χ3v) is 11.4. The van der Waals surface area contributed by atoms with E-state index in [0.29, 0.717) is 42.4 Å². The van der Waals surface area contributed by atoms with E-state index in [-0.39, 0.29) is 68.9 Å². The number of pyridine rings is 1. The number of halogens is 2. The number of anilines is 1. The lowest BCUT2D eigenvalue weighted by Crippen LogP contribution is -2.60. The van der Waals surface area contributed by atoms with Gasteiger partial charge in [0.25, 0.3) is 0 Å². The average molecular weight is 668 g/mol. The molecule has 2 N–H and O–H groups in total. The summed E-state index contributed by atoms with van der Waals surface area (Å²) >= 11 is 0. The highest BCUT2D eigenvalue weighted by atomic mass is 19.1. The summed E-state index contributed by atoms with van der Waals surface area (Å²) in [6.45, 7) is 4.47. The molecule has 12 heteroatoms.